The molecule has 12 heavy (non-hydrogen) atoms. The van der Waals surface area contributed by atoms with Gasteiger partial charge < -0.3 is 4.57 Å². The van der Waals surface area contributed by atoms with Crippen molar-refractivity contribution in [1.29, 1.82) is 0 Å². The molecule has 0 aliphatic carbocycles. The highest BCUT2D eigenvalue weighted by atomic mass is 15.0. The number of hydrogen-bond donors (Lipinski definition) is 0. The number of fused-ring (bicyclic) bond motifs is 3. The van der Waals surface area contributed by atoms with Gasteiger partial charge in [-0.1, -0.05) is 30.3 Å². The number of hydrogen-bond acceptors (Lipinski definition) is 0. The first-order valence-corrected chi connectivity index (χ1v) is 4.20. The van der Waals surface area contributed by atoms with Crippen molar-refractivity contribution in [3.05, 3.63) is 42.2 Å². The Hall–Kier alpha value is -1.50. The number of allylic oxidation sites excluding steroid dienone is 1. The molecule has 0 radical (unpaired) electrons. The van der Waals surface area contributed by atoms with Gasteiger partial charge in [0.2, 0.25) is 0 Å². The highest BCUT2D eigenvalue weighted by Gasteiger charge is 2.08. The fourth-order valence-corrected chi connectivity index (χ4v) is 1.87. The molecule has 0 saturated heterocycles. The third-order valence-electron chi connectivity index (χ3n) is 2.44. The summed E-state index contributed by atoms with van der Waals surface area (Å²) in [5.74, 6) is 0. The predicted molar refractivity (Wildman–Crippen MR) is 51.0 cm³/mol. The fourth-order valence-electron chi connectivity index (χ4n) is 1.87. The van der Waals surface area contributed by atoms with Gasteiger partial charge in [-0.25, -0.2) is 0 Å². The Balaban J connectivity index is 2.49. The summed E-state index contributed by atoms with van der Waals surface area (Å²) in [5.41, 5.74) is 1.42. The number of aromatic nitrogens is 1. The summed E-state index contributed by atoms with van der Waals surface area (Å²) in [6.07, 6.45) is 7.60. The van der Waals surface area contributed by atoms with Gasteiger partial charge >= 0.3 is 0 Å². The van der Waals surface area contributed by atoms with Crippen molar-refractivity contribution in [2.24, 2.45) is 0 Å². The molecule has 0 amide bonds. The van der Waals surface area contributed by atoms with Crippen LogP contribution in [0.15, 0.2) is 36.5 Å². The van der Waals surface area contributed by atoms with Crippen LogP contribution in [0.2, 0.25) is 0 Å². The molecule has 2 aromatic rings. The molecule has 58 valence electrons. The maximum Gasteiger partial charge on any atom is 0.0337 e. The zero-order valence-electron chi connectivity index (χ0n) is 6.70. The van der Waals surface area contributed by atoms with Crippen LogP contribution in [0.5, 0.6) is 0 Å². The van der Waals surface area contributed by atoms with Crippen LogP contribution in [0.4, 0.5) is 0 Å². The van der Waals surface area contributed by atoms with E-state index in [1.165, 1.54) is 16.5 Å². The van der Waals surface area contributed by atoms with E-state index in [1.54, 1.807) is 0 Å². The van der Waals surface area contributed by atoms with Gasteiger partial charge in [0.1, 0.15) is 0 Å². The maximum atomic E-state index is 2.21. The van der Waals surface area contributed by atoms with E-state index in [1.807, 2.05) is 0 Å². The number of benzene rings is 1. The van der Waals surface area contributed by atoms with E-state index < -0.39 is 0 Å². The van der Waals surface area contributed by atoms with Crippen molar-refractivity contribution in [2.45, 2.75) is 6.42 Å². The molecule has 1 nitrogen and oxygen atoms in total. The highest BCUT2D eigenvalue weighted by Crippen LogP contribution is 2.24. The summed E-state index contributed by atoms with van der Waals surface area (Å²) >= 11 is 0. The molecule has 3 rings (SSSR count). The minimum atomic E-state index is 1.08. The molecule has 0 spiro atoms. The van der Waals surface area contributed by atoms with Gasteiger partial charge in [0, 0.05) is 35.3 Å². The Bertz CT molecular complexity index is 463. The average molecular weight is 155 g/mol. The molecule has 0 fully saturated rings. The van der Waals surface area contributed by atoms with E-state index >= 15 is 0 Å². The molecule has 0 N–H and O–H groups in total. The molecule has 1 aliphatic heterocycles. The topological polar surface area (TPSA) is 4.93 Å². The highest BCUT2D eigenvalue weighted by molar-refractivity contribution is 5.87. The van der Waals surface area contributed by atoms with Gasteiger partial charge in [0.25, 0.3) is 0 Å². The average Bonchev–Trinajstić information content (AvgIpc) is 2.62. The van der Waals surface area contributed by atoms with Gasteiger partial charge in [0.15, 0.2) is 0 Å². The van der Waals surface area contributed by atoms with Crippen molar-refractivity contribution in [1.82, 2.24) is 4.57 Å². The van der Waals surface area contributed by atoms with Crippen LogP contribution in [0.3, 0.4) is 0 Å². The van der Waals surface area contributed by atoms with Gasteiger partial charge in [-0.2, -0.15) is 0 Å². The molecule has 0 unspecified atom stereocenters. The Morgan fingerprint density at radius 1 is 1.17 bits per heavy atom. The van der Waals surface area contributed by atoms with Crippen LogP contribution in [0.25, 0.3) is 17.0 Å². The molecule has 2 heterocycles. The molecule has 1 heteroatoms. The second-order valence-corrected chi connectivity index (χ2v) is 3.16. The quantitative estimate of drug-likeness (QED) is 0.551. The lowest BCUT2D eigenvalue weighted by molar-refractivity contribution is 1.10. The molecule has 1 aromatic carbocycles. The summed E-state index contributed by atoms with van der Waals surface area (Å²) in [6.45, 7) is 0. The molecular formula is C11H9N. The minimum absolute atomic E-state index is 1.08. The zero-order valence-corrected chi connectivity index (χ0v) is 6.70. The lowest BCUT2D eigenvalue weighted by Crippen LogP contribution is -1.82. The largest absolute Gasteiger partial charge is 0.326 e. The molecular weight excluding hydrogens is 146 g/mol. The van der Waals surface area contributed by atoms with Crippen molar-refractivity contribution >= 4 is 17.0 Å². The number of rotatable bonds is 0. The van der Waals surface area contributed by atoms with E-state index in [0.29, 0.717) is 0 Å². The summed E-state index contributed by atoms with van der Waals surface area (Å²) in [6, 6.07) is 8.53. The van der Waals surface area contributed by atoms with E-state index in [2.05, 4.69) is 47.3 Å². The molecule has 1 aromatic heterocycles. The van der Waals surface area contributed by atoms with E-state index in [-0.39, 0.29) is 0 Å². The monoisotopic (exact) mass is 155 g/mol. The van der Waals surface area contributed by atoms with Crippen LogP contribution in [0.1, 0.15) is 5.69 Å². The van der Waals surface area contributed by atoms with Crippen molar-refractivity contribution < 1.29 is 0 Å². The third-order valence-corrected chi connectivity index (χ3v) is 2.44. The zero-order chi connectivity index (χ0) is 7.97. The van der Waals surface area contributed by atoms with E-state index in [9.17, 15) is 0 Å². The van der Waals surface area contributed by atoms with Crippen LogP contribution in [-0.2, 0) is 6.42 Å². The smallest absolute Gasteiger partial charge is 0.0337 e. The first kappa shape index (κ1) is 6.06. The Kier molecular flexibility index (Phi) is 1.01. The van der Waals surface area contributed by atoms with E-state index in [4.69, 9.17) is 0 Å². The molecule has 0 atom stereocenters. The second-order valence-electron chi connectivity index (χ2n) is 3.16. The Morgan fingerprint density at radius 2 is 2.08 bits per heavy atom. The Morgan fingerprint density at radius 3 is 3.08 bits per heavy atom. The van der Waals surface area contributed by atoms with Gasteiger partial charge in [-0.15, -0.1) is 0 Å². The molecule has 1 aliphatic rings. The predicted octanol–water partition coefficient (Wildman–Crippen LogP) is 2.67. The summed E-state index contributed by atoms with van der Waals surface area (Å²) in [5, 5.41) is 2.74. The van der Waals surface area contributed by atoms with Crippen LogP contribution in [-0.4, -0.2) is 4.57 Å². The lowest BCUT2D eigenvalue weighted by atomic mass is 10.1. The first-order chi connectivity index (χ1) is 5.95. The van der Waals surface area contributed by atoms with E-state index in [0.717, 1.165) is 6.42 Å². The minimum Gasteiger partial charge on any atom is -0.326 e. The normalized spacial score (nSPS) is 14.0. The van der Waals surface area contributed by atoms with Crippen molar-refractivity contribution in [3.63, 3.8) is 0 Å². The molecule has 0 bridgehead atoms. The van der Waals surface area contributed by atoms with Crippen LogP contribution in [0, 0.1) is 0 Å². The number of nitrogens with zero attached hydrogens (tertiary/aromatic N) is 1. The maximum absolute atomic E-state index is 2.21. The standard InChI is InChI=1S/C11H9N/c1-2-5-10-9(4-1)8-12-7-3-6-11(10)12/h1-5,7-8H,6H2. The summed E-state index contributed by atoms with van der Waals surface area (Å²) in [4.78, 5) is 0. The van der Waals surface area contributed by atoms with Gasteiger partial charge in [0.05, 0.1) is 0 Å². The lowest BCUT2D eigenvalue weighted by Gasteiger charge is -1.92. The second kappa shape index (κ2) is 2.01. The van der Waals surface area contributed by atoms with Crippen molar-refractivity contribution in [3.8, 4) is 0 Å². The third kappa shape index (κ3) is 0.632. The van der Waals surface area contributed by atoms with Crippen molar-refractivity contribution in [2.75, 3.05) is 0 Å². The summed E-state index contributed by atoms with van der Waals surface area (Å²) in [7, 11) is 0. The van der Waals surface area contributed by atoms with Gasteiger partial charge in [-0.3, -0.25) is 0 Å². The van der Waals surface area contributed by atoms with Crippen LogP contribution < -0.4 is 0 Å². The van der Waals surface area contributed by atoms with Crippen LogP contribution >= 0.6 is 0 Å². The SMILES string of the molecule is C1=Cn2cc3ccccc3c2C1. The fraction of sp³-hybridized carbons (Fsp3) is 0.0909. The summed E-state index contributed by atoms with van der Waals surface area (Å²) < 4.78 is 2.21. The van der Waals surface area contributed by atoms with Gasteiger partial charge in [-0.05, 0) is 0 Å². The Labute approximate surface area is 70.9 Å². The molecule has 0 saturated carbocycles. The first-order valence-electron chi connectivity index (χ1n) is 4.20.